The van der Waals surface area contributed by atoms with Crippen molar-refractivity contribution >= 4 is 0 Å². The summed E-state index contributed by atoms with van der Waals surface area (Å²) >= 11 is 0. The largest absolute Gasteiger partial charge is 0.0956 e. The Labute approximate surface area is 44.5 Å². The lowest BCUT2D eigenvalue weighted by Crippen LogP contribution is -1.99. The van der Waals surface area contributed by atoms with Gasteiger partial charge in [0.25, 0.3) is 0 Å². The highest BCUT2D eigenvalue weighted by Gasteiger charge is 2.10. The van der Waals surface area contributed by atoms with Gasteiger partial charge in [-0.2, -0.15) is 0 Å². The Morgan fingerprint density at radius 2 is 2.29 bits per heavy atom. The second-order valence-electron chi connectivity index (χ2n) is 1.92. The average Bonchev–Trinajstić information content (AvgIpc) is 1.65. The molecule has 0 aromatic heterocycles. The number of rotatable bonds is 0. The van der Waals surface area contributed by atoms with E-state index >= 15 is 0 Å². The second-order valence-corrected chi connectivity index (χ2v) is 1.92. The van der Waals surface area contributed by atoms with Gasteiger partial charge in [-0.15, -0.1) is 0 Å². The average molecular weight is 94.2 g/mol. The van der Waals surface area contributed by atoms with Gasteiger partial charge in [0.15, 0.2) is 0 Å². The Bertz CT molecular complexity index is 118. The van der Waals surface area contributed by atoms with Crippen LogP contribution in [0, 0.1) is 0 Å². The van der Waals surface area contributed by atoms with Gasteiger partial charge < -0.3 is 0 Å². The van der Waals surface area contributed by atoms with Crippen LogP contribution < -0.4 is 0 Å². The zero-order valence-corrected chi connectivity index (χ0v) is 4.70. The van der Waals surface area contributed by atoms with E-state index in [0.717, 1.165) is 0 Å². The summed E-state index contributed by atoms with van der Waals surface area (Å²) in [6.45, 7) is 5.91. The van der Waals surface area contributed by atoms with E-state index in [4.69, 9.17) is 0 Å². The molecule has 0 bridgehead atoms. The van der Waals surface area contributed by atoms with Gasteiger partial charge >= 0.3 is 0 Å². The molecular weight excluding hydrogens is 84.1 g/mol. The zero-order valence-electron chi connectivity index (χ0n) is 4.70. The Morgan fingerprint density at radius 1 is 1.57 bits per heavy atom. The quantitative estimate of drug-likeness (QED) is 0.432. The molecule has 0 aliphatic heterocycles. The summed E-state index contributed by atoms with van der Waals surface area (Å²) in [6, 6.07) is 0. The number of hydrogen-bond acceptors (Lipinski definition) is 0. The molecule has 0 N–H and O–H groups in total. The van der Waals surface area contributed by atoms with Gasteiger partial charge in [0.05, 0.1) is 0 Å². The molecule has 0 amide bonds. The molecule has 0 spiro atoms. The molecule has 7 heavy (non-hydrogen) atoms. The first-order chi connectivity index (χ1) is 3.34. The molecule has 0 heterocycles. The fraction of sp³-hybridized carbons (Fsp3) is 0.429. The Hall–Kier alpha value is -0.520. The lowest BCUT2D eigenvalue weighted by Gasteiger charge is -2.18. The fourth-order valence-electron chi connectivity index (χ4n) is 0.795. The maximum atomic E-state index is 3.84. The molecule has 0 radical (unpaired) electrons. The highest BCUT2D eigenvalue weighted by Crippen LogP contribution is 2.30. The normalized spacial score (nSPS) is 25.3. The molecule has 0 unspecified atom stereocenters. The van der Waals surface area contributed by atoms with Crippen LogP contribution in [-0.2, 0) is 0 Å². The van der Waals surface area contributed by atoms with Crippen LogP contribution in [0.15, 0.2) is 23.8 Å². The van der Waals surface area contributed by atoms with E-state index in [2.05, 4.69) is 19.6 Å². The molecule has 1 rings (SSSR count). The molecular formula is C7H10. The monoisotopic (exact) mass is 94.1 g/mol. The molecule has 38 valence electrons. The molecule has 0 aromatic rings. The first-order valence-corrected chi connectivity index (χ1v) is 2.68. The molecule has 0 heteroatoms. The van der Waals surface area contributed by atoms with Crippen LogP contribution in [0.25, 0.3) is 0 Å². The maximum Gasteiger partial charge on any atom is -0.0239 e. The number of hydrogen-bond donors (Lipinski definition) is 0. The van der Waals surface area contributed by atoms with Crippen LogP contribution in [0.2, 0.25) is 0 Å². The smallest absolute Gasteiger partial charge is 0.0239 e. The van der Waals surface area contributed by atoms with Crippen molar-refractivity contribution in [2.45, 2.75) is 19.8 Å². The molecule has 0 saturated heterocycles. The van der Waals surface area contributed by atoms with E-state index in [1.165, 1.54) is 24.0 Å². The molecule has 1 aliphatic carbocycles. The van der Waals surface area contributed by atoms with Crippen molar-refractivity contribution < 1.29 is 0 Å². The fourth-order valence-corrected chi connectivity index (χ4v) is 0.795. The van der Waals surface area contributed by atoms with Crippen LogP contribution in [0.5, 0.6) is 0 Å². The van der Waals surface area contributed by atoms with E-state index in [9.17, 15) is 0 Å². The standard InChI is InChI=1S/C7H10/c1-3-7-5-4-6(7)2/h3H,2,4-5H2,1H3/b7-3-. The Morgan fingerprint density at radius 3 is 2.29 bits per heavy atom. The molecule has 1 aliphatic rings. The van der Waals surface area contributed by atoms with Crippen LogP contribution >= 0.6 is 0 Å². The molecule has 0 atom stereocenters. The maximum absolute atomic E-state index is 3.84. The van der Waals surface area contributed by atoms with Gasteiger partial charge in [-0.05, 0) is 25.3 Å². The topological polar surface area (TPSA) is 0 Å². The van der Waals surface area contributed by atoms with Gasteiger partial charge in [-0.25, -0.2) is 0 Å². The van der Waals surface area contributed by atoms with Gasteiger partial charge in [0, 0.05) is 0 Å². The summed E-state index contributed by atoms with van der Waals surface area (Å²) in [5, 5.41) is 0. The zero-order chi connectivity index (χ0) is 5.28. The summed E-state index contributed by atoms with van der Waals surface area (Å²) in [7, 11) is 0. The summed E-state index contributed by atoms with van der Waals surface area (Å²) in [6.07, 6.45) is 4.63. The van der Waals surface area contributed by atoms with Crippen molar-refractivity contribution in [3.05, 3.63) is 23.8 Å². The van der Waals surface area contributed by atoms with Crippen molar-refractivity contribution in [3.63, 3.8) is 0 Å². The minimum atomic E-state index is 1.22. The molecule has 1 fully saturated rings. The summed E-state index contributed by atoms with van der Waals surface area (Å²) in [5.74, 6) is 0. The Kier molecular flexibility index (Phi) is 1.01. The van der Waals surface area contributed by atoms with Crippen LogP contribution in [0.4, 0.5) is 0 Å². The van der Waals surface area contributed by atoms with E-state index in [-0.39, 0.29) is 0 Å². The van der Waals surface area contributed by atoms with E-state index < -0.39 is 0 Å². The minimum absolute atomic E-state index is 1.22. The minimum Gasteiger partial charge on any atom is -0.0956 e. The van der Waals surface area contributed by atoms with Crippen molar-refractivity contribution in [1.82, 2.24) is 0 Å². The van der Waals surface area contributed by atoms with Crippen LogP contribution in [0.3, 0.4) is 0 Å². The lowest BCUT2D eigenvalue weighted by molar-refractivity contribution is 0.826. The highest BCUT2D eigenvalue weighted by atomic mass is 14.2. The third kappa shape index (κ3) is 0.604. The van der Waals surface area contributed by atoms with Gasteiger partial charge in [-0.3, -0.25) is 0 Å². The van der Waals surface area contributed by atoms with E-state index in [1.54, 1.807) is 0 Å². The molecule has 1 saturated carbocycles. The van der Waals surface area contributed by atoms with E-state index in [1.807, 2.05) is 0 Å². The molecule has 0 aromatic carbocycles. The second kappa shape index (κ2) is 1.53. The first kappa shape index (κ1) is 4.63. The van der Waals surface area contributed by atoms with E-state index in [0.29, 0.717) is 0 Å². The lowest BCUT2D eigenvalue weighted by atomic mass is 9.87. The van der Waals surface area contributed by atoms with Gasteiger partial charge in [0.2, 0.25) is 0 Å². The highest BCUT2D eigenvalue weighted by molar-refractivity contribution is 5.36. The third-order valence-electron chi connectivity index (χ3n) is 1.50. The predicted octanol–water partition coefficient (Wildman–Crippen LogP) is 2.28. The number of allylic oxidation sites excluding steroid dienone is 3. The first-order valence-electron chi connectivity index (χ1n) is 2.68. The van der Waals surface area contributed by atoms with Crippen molar-refractivity contribution in [3.8, 4) is 0 Å². The van der Waals surface area contributed by atoms with Crippen molar-refractivity contribution in [2.24, 2.45) is 0 Å². The summed E-state index contributed by atoms with van der Waals surface area (Å²) < 4.78 is 0. The SMILES string of the molecule is C=C1CC/C1=C/C. The van der Waals surface area contributed by atoms with Gasteiger partial charge in [-0.1, -0.05) is 18.2 Å². The van der Waals surface area contributed by atoms with Crippen molar-refractivity contribution in [1.29, 1.82) is 0 Å². The van der Waals surface area contributed by atoms with Crippen molar-refractivity contribution in [2.75, 3.05) is 0 Å². The van der Waals surface area contributed by atoms with Gasteiger partial charge in [0.1, 0.15) is 0 Å². The van der Waals surface area contributed by atoms with Crippen LogP contribution in [-0.4, -0.2) is 0 Å². The summed E-state index contributed by atoms with van der Waals surface area (Å²) in [4.78, 5) is 0. The molecule has 0 nitrogen and oxygen atoms in total. The summed E-state index contributed by atoms with van der Waals surface area (Å²) in [5.41, 5.74) is 2.79. The van der Waals surface area contributed by atoms with Crippen LogP contribution in [0.1, 0.15) is 19.8 Å². The predicted molar refractivity (Wildman–Crippen MR) is 32.1 cm³/mol. The third-order valence-corrected chi connectivity index (χ3v) is 1.50. The Balaban J connectivity index is 2.61.